The van der Waals surface area contributed by atoms with Gasteiger partial charge >= 0.3 is 0 Å². The Morgan fingerprint density at radius 1 is 1.19 bits per heavy atom. The van der Waals surface area contributed by atoms with Crippen LogP contribution in [0.4, 0.5) is 0 Å². The topological polar surface area (TPSA) is 29.3 Å². The number of hydrogen-bond donors (Lipinski definition) is 1. The summed E-state index contributed by atoms with van der Waals surface area (Å²) in [5.41, 5.74) is 5.65. The first-order valence-corrected chi connectivity index (χ1v) is 6.87. The normalized spacial score (nSPS) is 13.8. The predicted octanol–water partition coefficient (Wildman–Crippen LogP) is 3.20. The largest absolute Gasteiger partial charge is 0.393 e. The highest BCUT2D eigenvalue weighted by Gasteiger charge is 2.22. The van der Waals surface area contributed by atoms with Crippen molar-refractivity contribution in [2.75, 3.05) is 6.54 Å². The van der Waals surface area contributed by atoms with Gasteiger partial charge in [-0.3, -0.25) is 4.90 Å². The number of rotatable bonds is 8. The zero-order valence-corrected chi connectivity index (χ0v) is 12.3. The van der Waals surface area contributed by atoms with E-state index >= 15 is 0 Å². The van der Waals surface area contributed by atoms with Gasteiger partial charge in [0.2, 0.25) is 0 Å². The smallest absolute Gasteiger partial charge is 0.0742 e. The highest BCUT2D eigenvalue weighted by molar-refractivity contribution is 7.80. The minimum atomic E-state index is 0.463. The molecule has 0 aliphatic heterocycles. The molecule has 16 heavy (non-hydrogen) atoms. The highest BCUT2D eigenvalue weighted by Crippen LogP contribution is 2.17. The monoisotopic (exact) mass is 244 g/mol. The fourth-order valence-corrected chi connectivity index (χ4v) is 2.52. The molecule has 0 aromatic heterocycles. The lowest BCUT2D eigenvalue weighted by Crippen LogP contribution is -2.44. The van der Waals surface area contributed by atoms with Crippen LogP contribution >= 0.6 is 12.2 Å². The molecular weight excluding hydrogens is 216 g/mol. The van der Waals surface area contributed by atoms with Gasteiger partial charge < -0.3 is 5.73 Å². The SMILES string of the molecule is CCC(CC)N(CC(C)C)C(C)CC(N)=S. The van der Waals surface area contributed by atoms with Crippen LogP contribution in [-0.2, 0) is 0 Å². The van der Waals surface area contributed by atoms with E-state index in [-0.39, 0.29) is 0 Å². The number of hydrogen-bond acceptors (Lipinski definition) is 2. The molecule has 0 bridgehead atoms. The molecular formula is C13H28N2S. The maximum absolute atomic E-state index is 5.65. The van der Waals surface area contributed by atoms with E-state index in [9.17, 15) is 0 Å². The molecule has 0 amide bonds. The van der Waals surface area contributed by atoms with Gasteiger partial charge in [-0.05, 0) is 25.7 Å². The standard InChI is InChI=1S/C13H28N2S/c1-6-12(7-2)15(9-10(3)4)11(5)8-13(14)16/h10-12H,6-9H2,1-5H3,(H2,14,16). The van der Waals surface area contributed by atoms with Gasteiger partial charge in [0.05, 0.1) is 4.99 Å². The molecule has 0 saturated carbocycles. The molecule has 0 aliphatic rings. The van der Waals surface area contributed by atoms with Crippen LogP contribution in [0.5, 0.6) is 0 Å². The molecule has 0 aromatic rings. The van der Waals surface area contributed by atoms with Crippen LogP contribution in [-0.4, -0.2) is 28.5 Å². The van der Waals surface area contributed by atoms with Crippen LogP contribution in [0, 0.1) is 5.92 Å². The van der Waals surface area contributed by atoms with Gasteiger partial charge in [-0.25, -0.2) is 0 Å². The summed E-state index contributed by atoms with van der Waals surface area (Å²) in [5, 5.41) is 0. The average Bonchev–Trinajstić information content (AvgIpc) is 2.16. The fraction of sp³-hybridized carbons (Fsp3) is 0.923. The van der Waals surface area contributed by atoms with E-state index in [4.69, 9.17) is 18.0 Å². The minimum absolute atomic E-state index is 0.463. The Bertz CT molecular complexity index is 200. The molecule has 0 aromatic carbocycles. The Balaban J connectivity index is 4.56. The van der Waals surface area contributed by atoms with Crippen molar-refractivity contribution in [2.45, 2.75) is 66.0 Å². The van der Waals surface area contributed by atoms with Gasteiger partial charge in [-0.1, -0.05) is 39.9 Å². The average molecular weight is 244 g/mol. The Labute approximate surface area is 107 Å². The molecule has 1 atom stereocenters. The molecule has 1 unspecified atom stereocenters. The molecule has 0 rings (SSSR count). The Morgan fingerprint density at radius 2 is 1.69 bits per heavy atom. The van der Waals surface area contributed by atoms with Gasteiger partial charge in [0.1, 0.15) is 0 Å². The lowest BCUT2D eigenvalue weighted by Gasteiger charge is -2.37. The number of nitrogens with zero attached hydrogens (tertiary/aromatic N) is 1. The molecule has 0 aliphatic carbocycles. The van der Waals surface area contributed by atoms with Crippen molar-refractivity contribution in [3.63, 3.8) is 0 Å². The first kappa shape index (κ1) is 15.9. The van der Waals surface area contributed by atoms with Gasteiger partial charge in [0.25, 0.3) is 0 Å². The van der Waals surface area contributed by atoms with Crippen molar-refractivity contribution < 1.29 is 0 Å². The predicted molar refractivity (Wildman–Crippen MR) is 76.8 cm³/mol. The third kappa shape index (κ3) is 5.80. The van der Waals surface area contributed by atoms with Crippen LogP contribution in [0.2, 0.25) is 0 Å². The lowest BCUT2D eigenvalue weighted by molar-refractivity contribution is 0.121. The van der Waals surface area contributed by atoms with Crippen LogP contribution in [0.3, 0.4) is 0 Å². The third-order valence-corrected chi connectivity index (χ3v) is 3.22. The molecule has 2 N–H and O–H groups in total. The summed E-state index contributed by atoms with van der Waals surface area (Å²) in [6, 6.07) is 1.12. The van der Waals surface area contributed by atoms with E-state index in [1.807, 2.05) is 0 Å². The summed E-state index contributed by atoms with van der Waals surface area (Å²) < 4.78 is 0. The number of thiocarbonyl (C=S) groups is 1. The summed E-state index contributed by atoms with van der Waals surface area (Å²) in [7, 11) is 0. The molecule has 0 radical (unpaired) electrons. The summed E-state index contributed by atoms with van der Waals surface area (Å²) >= 11 is 5.01. The second-order valence-electron chi connectivity index (χ2n) is 5.08. The number of nitrogens with two attached hydrogens (primary N) is 1. The second-order valence-corrected chi connectivity index (χ2v) is 5.60. The van der Waals surface area contributed by atoms with Gasteiger partial charge in [0.15, 0.2) is 0 Å². The molecule has 0 spiro atoms. The first-order chi connectivity index (χ1) is 7.42. The fourth-order valence-electron chi connectivity index (χ4n) is 2.28. The highest BCUT2D eigenvalue weighted by atomic mass is 32.1. The lowest BCUT2D eigenvalue weighted by atomic mass is 10.0. The molecule has 96 valence electrons. The van der Waals surface area contributed by atoms with E-state index < -0.39 is 0 Å². The van der Waals surface area contributed by atoms with Gasteiger partial charge in [0, 0.05) is 25.0 Å². The molecule has 0 fully saturated rings. The first-order valence-electron chi connectivity index (χ1n) is 6.46. The second kappa shape index (κ2) is 8.02. The van der Waals surface area contributed by atoms with Crippen LogP contribution in [0.1, 0.15) is 53.9 Å². The van der Waals surface area contributed by atoms with Gasteiger partial charge in [-0.15, -0.1) is 0 Å². The Morgan fingerprint density at radius 3 is 2.00 bits per heavy atom. The van der Waals surface area contributed by atoms with Crippen molar-refractivity contribution in [3.8, 4) is 0 Å². The van der Waals surface area contributed by atoms with Crippen molar-refractivity contribution >= 4 is 17.2 Å². The summed E-state index contributed by atoms with van der Waals surface area (Å²) in [6.07, 6.45) is 3.23. The Hall–Kier alpha value is -0.150. The summed E-state index contributed by atoms with van der Waals surface area (Å²) in [5.74, 6) is 0.689. The van der Waals surface area contributed by atoms with Crippen molar-refractivity contribution in [2.24, 2.45) is 11.7 Å². The Kier molecular flexibility index (Phi) is 7.94. The van der Waals surface area contributed by atoms with Crippen LogP contribution in [0.25, 0.3) is 0 Å². The van der Waals surface area contributed by atoms with Crippen molar-refractivity contribution in [1.29, 1.82) is 0 Å². The van der Waals surface area contributed by atoms with Crippen molar-refractivity contribution in [3.05, 3.63) is 0 Å². The van der Waals surface area contributed by atoms with E-state index in [0.29, 0.717) is 23.0 Å². The van der Waals surface area contributed by atoms with E-state index in [1.54, 1.807) is 0 Å². The molecule has 3 heteroatoms. The quantitative estimate of drug-likeness (QED) is 0.665. The van der Waals surface area contributed by atoms with Gasteiger partial charge in [-0.2, -0.15) is 0 Å². The molecule has 0 saturated heterocycles. The van der Waals surface area contributed by atoms with Crippen LogP contribution in [0.15, 0.2) is 0 Å². The maximum Gasteiger partial charge on any atom is 0.0742 e. The summed E-state index contributed by atoms with van der Waals surface area (Å²) in [6.45, 7) is 12.4. The molecule has 0 heterocycles. The summed E-state index contributed by atoms with van der Waals surface area (Å²) in [4.78, 5) is 3.20. The minimum Gasteiger partial charge on any atom is -0.393 e. The van der Waals surface area contributed by atoms with Crippen LogP contribution < -0.4 is 5.73 Å². The van der Waals surface area contributed by atoms with E-state index in [1.165, 1.54) is 12.8 Å². The van der Waals surface area contributed by atoms with E-state index in [2.05, 4.69) is 39.5 Å². The van der Waals surface area contributed by atoms with E-state index in [0.717, 1.165) is 13.0 Å². The third-order valence-electron chi connectivity index (χ3n) is 3.05. The maximum atomic E-state index is 5.65. The molecule has 2 nitrogen and oxygen atoms in total. The zero-order chi connectivity index (χ0) is 12.7. The zero-order valence-electron chi connectivity index (χ0n) is 11.5. The van der Waals surface area contributed by atoms with Crippen molar-refractivity contribution in [1.82, 2.24) is 4.90 Å².